The SMILES string of the molecule is COc1cc(C2C(C#N)=C(N)Oc3c2c(C(C)C)nn3-c2ccc(C(=O)O)cc2)ccc1O. The summed E-state index contributed by atoms with van der Waals surface area (Å²) in [6.07, 6.45) is 0. The van der Waals surface area contributed by atoms with Crippen LogP contribution in [0.3, 0.4) is 0 Å². The van der Waals surface area contributed by atoms with Crippen molar-refractivity contribution >= 4 is 5.97 Å². The fourth-order valence-corrected chi connectivity index (χ4v) is 3.92. The maximum atomic E-state index is 11.2. The molecule has 1 aliphatic rings. The Morgan fingerprint density at radius 3 is 2.55 bits per heavy atom. The standard InChI is InChI=1S/C24H22N4O5/c1-12(2)21-20-19(14-6-9-17(29)18(10-14)32-3)16(11-25)22(26)33-23(20)28(27-21)15-7-4-13(5-8-15)24(30)31/h4-10,12,19,29H,26H2,1-3H3,(H,30,31). The molecule has 1 aliphatic heterocycles. The van der Waals surface area contributed by atoms with Crippen molar-refractivity contribution in [2.24, 2.45) is 5.73 Å². The average Bonchev–Trinajstić information content (AvgIpc) is 3.17. The number of hydrogen-bond donors (Lipinski definition) is 3. The summed E-state index contributed by atoms with van der Waals surface area (Å²) in [5.74, 6) is -1.13. The van der Waals surface area contributed by atoms with Crippen molar-refractivity contribution in [1.29, 1.82) is 5.26 Å². The van der Waals surface area contributed by atoms with E-state index in [9.17, 15) is 20.3 Å². The maximum Gasteiger partial charge on any atom is 0.335 e. The van der Waals surface area contributed by atoms with Crippen LogP contribution in [0.4, 0.5) is 0 Å². The number of nitrogens with two attached hydrogens (primary N) is 1. The molecule has 9 heteroatoms. The van der Waals surface area contributed by atoms with Gasteiger partial charge in [-0.3, -0.25) is 0 Å². The number of nitriles is 1. The number of carbonyl (C=O) groups is 1. The maximum absolute atomic E-state index is 11.2. The number of hydrogen-bond acceptors (Lipinski definition) is 7. The van der Waals surface area contributed by atoms with Crippen LogP contribution in [-0.2, 0) is 0 Å². The Morgan fingerprint density at radius 2 is 1.97 bits per heavy atom. The van der Waals surface area contributed by atoms with Gasteiger partial charge in [0.05, 0.1) is 35.5 Å². The number of carboxylic acids is 1. The molecule has 0 aliphatic carbocycles. The van der Waals surface area contributed by atoms with Gasteiger partial charge in [-0.05, 0) is 47.9 Å². The van der Waals surface area contributed by atoms with Crippen LogP contribution in [0.25, 0.3) is 5.69 Å². The molecule has 1 aromatic heterocycles. The Morgan fingerprint density at radius 1 is 1.27 bits per heavy atom. The van der Waals surface area contributed by atoms with Crippen molar-refractivity contribution in [1.82, 2.24) is 9.78 Å². The molecule has 168 valence electrons. The molecule has 0 saturated heterocycles. The van der Waals surface area contributed by atoms with Crippen LogP contribution in [-0.4, -0.2) is 33.1 Å². The number of nitrogens with zero attached hydrogens (tertiary/aromatic N) is 3. The number of benzene rings is 2. The predicted octanol–water partition coefficient (Wildman–Crippen LogP) is 3.63. The summed E-state index contributed by atoms with van der Waals surface area (Å²) in [6, 6.07) is 13.2. The molecule has 1 atom stereocenters. The first-order chi connectivity index (χ1) is 15.8. The van der Waals surface area contributed by atoms with Gasteiger partial charge in [0.25, 0.3) is 0 Å². The molecule has 4 rings (SSSR count). The van der Waals surface area contributed by atoms with E-state index in [1.165, 1.54) is 25.3 Å². The average molecular weight is 446 g/mol. The summed E-state index contributed by atoms with van der Waals surface area (Å²) in [7, 11) is 1.45. The number of allylic oxidation sites excluding steroid dienone is 1. The van der Waals surface area contributed by atoms with Gasteiger partial charge in [0.1, 0.15) is 11.6 Å². The van der Waals surface area contributed by atoms with Gasteiger partial charge in [-0.1, -0.05) is 19.9 Å². The zero-order chi connectivity index (χ0) is 23.9. The highest BCUT2D eigenvalue weighted by Crippen LogP contribution is 2.47. The molecule has 9 nitrogen and oxygen atoms in total. The number of phenolic OH excluding ortho intramolecular Hbond substituents is 1. The number of fused-ring (bicyclic) bond motifs is 1. The summed E-state index contributed by atoms with van der Waals surface area (Å²) in [6.45, 7) is 3.95. The number of methoxy groups -OCH3 is 1. The van der Waals surface area contributed by atoms with Crippen molar-refractivity contribution in [3.63, 3.8) is 0 Å². The normalized spacial score (nSPS) is 15.1. The van der Waals surface area contributed by atoms with Crippen LogP contribution in [0.5, 0.6) is 17.4 Å². The second-order valence-electron chi connectivity index (χ2n) is 7.88. The lowest BCUT2D eigenvalue weighted by Gasteiger charge is -2.26. The topological polar surface area (TPSA) is 144 Å². The second kappa shape index (κ2) is 8.24. The molecule has 3 aromatic rings. The van der Waals surface area contributed by atoms with Crippen molar-refractivity contribution in [3.05, 3.63) is 76.3 Å². The Labute approximate surface area is 189 Å². The van der Waals surface area contributed by atoms with Gasteiger partial charge in [0.2, 0.25) is 11.8 Å². The fraction of sp³-hybridized carbons (Fsp3) is 0.208. The van der Waals surface area contributed by atoms with Gasteiger partial charge in [-0.15, -0.1) is 0 Å². The van der Waals surface area contributed by atoms with Crippen LogP contribution < -0.4 is 15.2 Å². The molecule has 0 fully saturated rings. The van der Waals surface area contributed by atoms with Gasteiger partial charge < -0.3 is 25.4 Å². The van der Waals surface area contributed by atoms with E-state index in [2.05, 4.69) is 6.07 Å². The summed E-state index contributed by atoms with van der Waals surface area (Å²) < 4.78 is 12.7. The lowest BCUT2D eigenvalue weighted by Crippen LogP contribution is -2.22. The van der Waals surface area contributed by atoms with E-state index in [4.69, 9.17) is 20.3 Å². The predicted molar refractivity (Wildman–Crippen MR) is 119 cm³/mol. The lowest BCUT2D eigenvalue weighted by atomic mass is 9.82. The molecule has 0 amide bonds. The van der Waals surface area contributed by atoms with E-state index in [-0.39, 0.29) is 34.4 Å². The lowest BCUT2D eigenvalue weighted by molar-refractivity contribution is 0.0697. The van der Waals surface area contributed by atoms with E-state index >= 15 is 0 Å². The number of rotatable bonds is 5. The largest absolute Gasteiger partial charge is 0.504 e. The monoisotopic (exact) mass is 446 g/mol. The zero-order valence-corrected chi connectivity index (χ0v) is 18.2. The molecule has 0 spiro atoms. The van der Waals surface area contributed by atoms with Gasteiger partial charge in [0.15, 0.2) is 11.5 Å². The zero-order valence-electron chi connectivity index (χ0n) is 18.2. The van der Waals surface area contributed by atoms with Gasteiger partial charge >= 0.3 is 5.97 Å². The summed E-state index contributed by atoms with van der Waals surface area (Å²) in [5.41, 5.74) is 9.16. The summed E-state index contributed by atoms with van der Waals surface area (Å²) >= 11 is 0. The third-order valence-electron chi connectivity index (χ3n) is 5.52. The number of aromatic nitrogens is 2. The van der Waals surface area contributed by atoms with E-state index in [1.807, 2.05) is 13.8 Å². The van der Waals surface area contributed by atoms with E-state index < -0.39 is 11.9 Å². The first-order valence-corrected chi connectivity index (χ1v) is 10.2. The first kappa shape index (κ1) is 21.8. The molecule has 33 heavy (non-hydrogen) atoms. The molecule has 4 N–H and O–H groups in total. The molecule has 2 heterocycles. The molecule has 0 saturated carbocycles. The highest BCUT2D eigenvalue weighted by molar-refractivity contribution is 5.87. The number of aromatic carboxylic acids is 1. The Kier molecular flexibility index (Phi) is 5.44. The smallest absolute Gasteiger partial charge is 0.335 e. The first-order valence-electron chi connectivity index (χ1n) is 10.2. The van der Waals surface area contributed by atoms with Crippen LogP contribution >= 0.6 is 0 Å². The minimum atomic E-state index is -1.03. The van der Waals surface area contributed by atoms with Gasteiger partial charge in [-0.2, -0.15) is 10.4 Å². The van der Waals surface area contributed by atoms with Crippen LogP contribution in [0, 0.1) is 11.3 Å². The van der Waals surface area contributed by atoms with Crippen molar-refractivity contribution in [3.8, 4) is 29.1 Å². The Hall–Kier alpha value is -4.45. The summed E-state index contributed by atoms with van der Waals surface area (Å²) in [4.78, 5) is 11.2. The van der Waals surface area contributed by atoms with Crippen LogP contribution in [0.2, 0.25) is 0 Å². The minimum Gasteiger partial charge on any atom is -0.504 e. The quantitative estimate of drug-likeness (QED) is 0.539. The Balaban J connectivity index is 1.97. The van der Waals surface area contributed by atoms with E-state index in [1.54, 1.807) is 28.9 Å². The number of carboxylic acid groups (broad SMARTS) is 1. The fourth-order valence-electron chi connectivity index (χ4n) is 3.92. The third kappa shape index (κ3) is 3.61. The van der Waals surface area contributed by atoms with Crippen molar-refractivity contribution in [2.45, 2.75) is 25.7 Å². The van der Waals surface area contributed by atoms with Crippen molar-refractivity contribution < 1.29 is 24.5 Å². The third-order valence-corrected chi connectivity index (χ3v) is 5.52. The molecule has 1 unspecified atom stereocenters. The van der Waals surface area contributed by atoms with Gasteiger partial charge in [-0.25, -0.2) is 9.48 Å². The molecular formula is C24H22N4O5. The van der Waals surface area contributed by atoms with Gasteiger partial charge in [0, 0.05) is 0 Å². The summed E-state index contributed by atoms with van der Waals surface area (Å²) in [5, 5.41) is 33.9. The number of aromatic hydroxyl groups is 1. The minimum absolute atomic E-state index is 0.0253. The van der Waals surface area contributed by atoms with Crippen molar-refractivity contribution in [2.75, 3.05) is 7.11 Å². The van der Waals surface area contributed by atoms with E-state index in [0.717, 1.165) is 0 Å². The highest BCUT2D eigenvalue weighted by atomic mass is 16.5. The molecular weight excluding hydrogens is 424 g/mol. The molecule has 0 radical (unpaired) electrons. The van der Waals surface area contributed by atoms with Crippen LogP contribution in [0.15, 0.2) is 53.9 Å². The Bertz CT molecular complexity index is 1320. The number of ether oxygens (including phenoxy) is 2. The molecule has 2 aromatic carbocycles. The van der Waals surface area contributed by atoms with Crippen LogP contribution in [0.1, 0.15) is 52.9 Å². The number of phenols is 1. The van der Waals surface area contributed by atoms with E-state index in [0.29, 0.717) is 28.4 Å². The highest BCUT2D eigenvalue weighted by Gasteiger charge is 2.38. The second-order valence-corrected chi connectivity index (χ2v) is 7.88. The molecule has 0 bridgehead atoms.